The zero-order chi connectivity index (χ0) is 16.7. The molecule has 0 saturated heterocycles. The van der Waals surface area contributed by atoms with Crippen molar-refractivity contribution in [1.29, 1.82) is 0 Å². The number of aryl methyl sites for hydroxylation is 1. The number of halogens is 1. The first-order valence-electron chi connectivity index (χ1n) is 7.95. The van der Waals surface area contributed by atoms with Gasteiger partial charge in [-0.05, 0) is 36.2 Å². The molecule has 2 aromatic heterocycles. The van der Waals surface area contributed by atoms with E-state index in [4.69, 9.17) is 4.98 Å². The molecule has 0 saturated carbocycles. The Balaban J connectivity index is 2.08. The van der Waals surface area contributed by atoms with Crippen molar-refractivity contribution < 1.29 is 0 Å². The summed E-state index contributed by atoms with van der Waals surface area (Å²) in [6.45, 7) is 2.94. The van der Waals surface area contributed by atoms with Crippen molar-refractivity contribution in [2.24, 2.45) is 0 Å². The molecule has 0 spiro atoms. The lowest BCUT2D eigenvalue weighted by Gasteiger charge is -2.08. The molecule has 4 aromatic rings. The number of benzene rings is 2. The highest BCUT2D eigenvalue weighted by atomic mass is 79.9. The molecule has 0 fully saturated rings. The van der Waals surface area contributed by atoms with Gasteiger partial charge >= 0.3 is 0 Å². The van der Waals surface area contributed by atoms with E-state index in [1.54, 1.807) is 4.40 Å². The molecule has 0 aliphatic rings. The van der Waals surface area contributed by atoms with Crippen molar-refractivity contribution in [2.75, 3.05) is 0 Å². The molecule has 0 bridgehead atoms. The molecule has 5 heteroatoms. The summed E-state index contributed by atoms with van der Waals surface area (Å²) in [5, 5.41) is 0.644. The summed E-state index contributed by atoms with van der Waals surface area (Å²) in [6.07, 6.45) is 2.87. The van der Waals surface area contributed by atoms with Crippen LogP contribution in [-0.2, 0) is 6.54 Å². The fourth-order valence-corrected chi connectivity index (χ4v) is 3.30. The molecule has 0 aliphatic heterocycles. The Morgan fingerprint density at radius 2 is 1.83 bits per heavy atom. The number of fused-ring (bicyclic) bond motifs is 2. The molecule has 4 rings (SSSR count). The maximum atomic E-state index is 12.8. The van der Waals surface area contributed by atoms with Gasteiger partial charge in [0.25, 0.3) is 5.56 Å². The first-order valence-corrected chi connectivity index (χ1v) is 8.75. The SMILES string of the molecule is CCCn1c(-c2ccc(Br)cc2)cn2c(=O)c3ccccc3nc12. The Bertz CT molecular complexity index is 1090. The van der Waals surface area contributed by atoms with E-state index in [0.29, 0.717) is 11.2 Å². The monoisotopic (exact) mass is 381 g/mol. The second-order valence-corrected chi connectivity index (χ2v) is 6.69. The average Bonchev–Trinajstić information content (AvgIpc) is 2.95. The lowest BCUT2D eigenvalue weighted by Crippen LogP contribution is -2.14. The van der Waals surface area contributed by atoms with Crippen LogP contribution in [0.1, 0.15) is 13.3 Å². The molecular formula is C19H16BrN3O. The lowest BCUT2D eigenvalue weighted by atomic mass is 10.2. The highest BCUT2D eigenvalue weighted by Gasteiger charge is 2.14. The summed E-state index contributed by atoms with van der Waals surface area (Å²) in [5.41, 5.74) is 2.79. The van der Waals surface area contributed by atoms with Gasteiger partial charge in [-0.3, -0.25) is 9.20 Å². The molecule has 4 nitrogen and oxygen atoms in total. The van der Waals surface area contributed by atoms with E-state index >= 15 is 0 Å². The van der Waals surface area contributed by atoms with Crippen LogP contribution in [-0.4, -0.2) is 14.0 Å². The second-order valence-electron chi connectivity index (χ2n) is 5.78. The third-order valence-corrected chi connectivity index (χ3v) is 4.69. The average molecular weight is 382 g/mol. The quantitative estimate of drug-likeness (QED) is 0.524. The van der Waals surface area contributed by atoms with Crippen LogP contribution in [0.4, 0.5) is 0 Å². The number of nitrogens with zero attached hydrogens (tertiary/aromatic N) is 3. The molecule has 0 atom stereocenters. The molecule has 2 aromatic carbocycles. The Hall–Kier alpha value is -2.40. The third kappa shape index (κ3) is 2.36. The molecule has 120 valence electrons. The minimum absolute atomic E-state index is 0.0242. The summed E-state index contributed by atoms with van der Waals surface area (Å²) in [5.74, 6) is 0.693. The van der Waals surface area contributed by atoms with Gasteiger partial charge in [0.15, 0.2) is 0 Å². The molecular weight excluding hydrogens is 366 g/mol. The normalized spacial score (nSPS) is 11.4. The maximum absolute atomic E-state index is 12.8. The predicted octanol–water partition coefficient (Wildman–Crippen LogP) is 4.49. The van der Waals surface area contributed by atoms with Crippen LogP contribution in [0.3, 0.4) is 0 Å². The van der Waals surface area contributed by atoms with Crippen LogP contribution in [0, 0.1) is 0 Å². The predicted molar refractivity (Wildman–Crippen MR) is 100 cm³/mol. The summed E-state index contributed by atoms with van der Waals surface area (Å²) in [7, 11) is 0. The van der Waals surface area contributed by atoms with Gasteiger partial charge in [-0.15, -0.1) is 0 Å². The molecule has 0 unspecified atom stereocenters. The van der Waals surface area contributed by atoms with Gasteiger partial charge < -0.3 is 4.57 Å². The van der Waals surface area contributed by atoms with E-state index in [2.05, 4.69) is 39.6 Å². The zero-order valence-electron chi connectivity index (χ0n) is 13.2. The van der Waals surface area contributed by atoms with Gasteiger partial charge in [0.1, 0.15) is 0 Å². The first kappa shape index (κ1) is 15.1. The Kier molecular flexibility index (Phi) is 3.73. The first-order chi connectivity index (χ1) is 11.7. The minimum Gasteiger partial charge on any atom is -0.310 e. The molecule has 24 heavy (non-hydrogen) atoms. The number of hydrogen-bond donors (Lipinski definition) is 0. The van der Waals surface area contributed by atoms with E-state index in [1.165, 1.54) is 0 Å². The minimum atomic E-state index is -0.0242. The second kappa shape index (κ2) is 5.91. The van der Waals surface area contributed by atoms with E-state index in [0.717, 1.165) is 34.2 Å². The van der Waals surface area contributed by atoms with Crippen LogP contribution < -0.4 is 5.56 Å². The van der Waals surface area contributed by atoms with Crippen molar-refractivity contribution in [1.82, 2.24) is 14.0 Å². The number of aromatic nitrogens is 3. The topological polar surface area (TPSA) is 39.3 Å². The number of para-hydroxylation sites is 1. The van der Waals surface area contributed by atoms with E-state index < -0.39 is 0 Å². The van der Waals surface area contributed by atoms with Crippen molar-refractivity contribution in [2.45, 2.75) is 19.9 Å². The molecule has 0 amide bonds. The Morgan fingerprint density at radius 1 is 1.08 bits per heavy atom. The van der Waals surface area contributed by atoms with Crippen molar-refractivity contribution in [3.8, 4) is 11.3 Å². The lowest BCUT2D eigenvalue weighted by molar-refractivity contribution is 0.697. The van der Waals surface area contributed by atoms with E-state index in [-0.39, 0.29) is 5.56 Å². The largest absolute Gasteiger partial charge is 0.310 e. The maximum Gasteiger partial charge on any atom is 0.266 e. The highest BCUT2D eigenvalue weighted by molar-refractivity contribution is 9.10. The summed E-state index contributed by atoms with van der Waals surface area (Å²) >= 11 is 3.47. The summed E-state index contributed by atoms with van der Waals surface area (Å²) < 4.78 is 4.82. The highest BCUT2D eigenvalue weighted by Crippen LogP contribution is 2.25. The van der Waals surface area contributed by atoms with Gasteiger partial charge in [-0.2, -0.15) is 0 Å². The Morgan fingerprint density at radius 3 is 2.58 bits per heavy atom. The van der Waals surface area contributed by atoms with Crippen LogP contribution in [0.25, 0.3) is 27.9 Å². The van der Waals surface area contributed by atoms with Crippen LogP contribution >= 0.6 is 15.9 Å². The zero-order valence-corrected chi connectivity index (χ0v) is 14.8. The number of rotatable bonds is 3. The van der Waals surface area contributed by atoms with Gasteiger partial charge in [-0.25, -0.2) is 4.98 Å². The molecule has 0 N–H and O–H groups in total. The standard InChI is InChI=1S/C19H16BrN3O/c1-2-11-22-17(13-7-9-14(20)10-8-13)12-23-18(24)15-5-3-4-6-16(15)21-19(22)23/h3-10,12H,2,11H2,1H3. The molecule has 2 heterocycles. The van der Waals surface area contributed by atoms with Gasteiger partial charge in [-0.1, -0.05) is 47.1 Å². The van der Waals surface area contributed by atoms with Crippen LogP contribution in [0.15, 0.2) is 64.0 Å². The van der Waals surface area contributed by atoms with Crippen LogP contribution in [0.2, 0.25) is 0 Å². The van der Waals surface area contributed by atoms with E-state index in [1.807, 2.05) is 42.6 Å². The Labute approximate surface area is 147 Å². The fourth-order valence-electron chi connectivity index (χ4n) is 3.04. The smallest absolute Gasteiger partial charge is 0.266 e. The van der Waals surface area contributed by atoms with Crippen molar-refractivity contribution in [3.63, 3.8) is 0 Å². The van der Waals surface area contributed by atoms with Gasteiger partial charge in [0, 0.05) is 17.2 Å². The third-order valence-electron chi connectivity index (χ3n) is 4.16. The van der Waals surface area contributed by atoms with Crippen molar-refractivity contribution in [3.05, 3.63) is 69.6 Å². The molecule has 0 radical (unpaired) electrons. The van der Waals surface area contributed by atoms with E-state index in [9.17, 15) is 4.79 Å². The fraction of sp³-hybridized carbons (Fsp3) is 0.158. The number of imidazole rings is 1. The van der Waals surface area contributed by atoms with Crippen molar-refractivity contribution >= 4 is 32.6 Å². The number of hydrogen-bond acceptors (Lipinski definition) is 2. The van der Waals surface area contributed by atoms with Gasteiger partial charge in [0.2, 0.25) is 5.78 Å². The van der Waals surface area contributed by atoms with Crippen LogP contribution in [0.5, 0.6) is 0 Å². The summed E-state index contributed by atoms with van der Waals surface area (Å²) in [6, 6.07) is 15.6. The molecule has 0 aliphatic carbocycles. The summed E-state index contributed by atoms with van der Waals surface area (Å²) in [4.78, 5) is 17.6. The van der Waals surface area contributed by atoms with Gasteiger partial charge in [0.05, 0.1) is 16.6 Å².